The Morgan fingerprint density at radius 3 is 2.38 bits per heavy atom. The summed E-state index contributed by atoms with van der Waals surface area (Å²) in [5, 5.41) is 6.07. The summed E-state index contributed by atoms with van der Waals surface area (Å²) in [6, 6.07) is 16.9. The van der Waals surface area contributed by atoms with Crippen LogP contribution in [0.5, 0.6) is 5.75 Å². The standard InChI is InChI=1S/C23H26N4O2/c1-15(2)19-7-5-6-8-20(19)26-22(28)21-13-14-24-23(27-21)25-17-9-11-18(12-10-17)29-16(3)4/h5-16H,1-4H3,(H,26,28)(H,24,25,27). The van der Waals surface area contributed by atoms with Crippen molar-refractivity contribution in [2.75, 3.05) is 10.6 Å². The molecule has 0 saturated heterocycles. The fourth-order valence-electron chi connectivity index (χ4n) is 2.86. The van der Waals surface area contributed by atoms with Crippen LogP contribution >= 0.6 is 0 Å². The molecule has 1 aromatic heterocycles. The Bertz CT molecular complexity index is 969. The maximum atomic E-state index is 12.7. The predicted octanol–water partition coefficient (Wildman–Crippen LogP) is 5.38. The maximum absolute atomic E-state index is 12.7. The molecule has 0 aliphatic carbocycles. The highest BCUT2D eigenvalue weighted by molar-refractivity contribution is 6.03. The number of aromatic nitrogens is 2. The number of para-hydroxylation sites is 1. The molecule has 0 bridgehead atoms. The first kappa shape index (κ1) is 20.3. The van der Waals surface area contributed by atoms with Crippen LogP contribution in [0.2, 0.25) is 0 Å². The van der Waals surface area contributed by atoms with Crippen molar-refractivity contribution in [3.63, 3.8) is 0 Å². The maximum Gasteiger partial charge on any atom is 0.274 e. The quantitative estimate of drug-likeness (QED) is 0.566. The van der Waals surface area contributed by atoms with Gasteiger partial charge in [-0.25, -0.2) is 9.97 Å². The molecule has 0 aliphatic rings. The van der Waals surface area contributed by atoms with Crippen LogP contribution in [0, 0.1) is 0 Å². The van der Waals surface area contributed by atoms with Crippen molar-refractivity contribution in [3.05, 3.63) is 72.1 Å². The third kappa shape index (κ3) is 5.54. The van der Waals surface area contributed by atoms with E-state index in [0.29, 0.717) is 17.6 Å². The molecule has 2 aromatic carbocycles. The number of hydrogen-bond acceptors (Lipinski definition) is 5. The summed E-state index contributed by atoms with van der Waals surface area (Å²) < 4.78 is 5.64. The van der Waals surface area contributed by atoms with E-state index in [0.717, 1.165) is 22.7 Å². The molecule has 150 valence electrons. The van der Waals surface area contributed by atoms with Gasteiger partial charge in [0.15, 0.2) is 0 Å². The minimum atomic E-state index is -0.274. The van der Waals surface area contributed by atoms with Crippen molar-refractivity contribution < 1.29 is 9.53 Å². The number of hydrogen-bond donors (Lipinski definition) is 2. The van der Waals surface area contributed by atoms with Crippen molar-refractivity contribution in [2.24, 2.45) is 0 Å². The highest BCUT2D eigenvalue weighted by Crippen LogP contribution is 2.24. The average molecular weight is 390 g/mol. The van der Waals surface area contributed by atoms with Gasteiger partial charge < -0.3 is 15.4 Å². The molecule has 3 aromatic rings. The molecule has 0 radical (unpaired) electrons. The molecule has 29 heavy (non-hydrogen) atoms. The van der Waals surface area contributed by atoms with Gasteiger partial charge in [0.2, 0.25) is 5.95 Å². The molecule has 1 heterocycles. The first-order valence-electron chi connectivity index (χ1n) is 9.69. The summed E-state index contributed by atoms with van der Waals surface area (Å²) in [5.41, 5.74) is 2.97. The second kappa shape index (κ2) is 9.19. The molecular formula is C23H26N4O2. The lowest BCUT2D eigenvalue weighted by atomic mass is 10.0. The average Bonchev–Trinajstić information content (AvgIpc) is 2.69. The number of amides is 1. The van der Waals surface area contributed by atoms with Gasteiger partial charge in [0, 0.05) is 17.6 Å². The van der Waals surface area contributed by atoms with E-state index in [1.165, 1.54) is 0 Å². The second-order valence-electron chi connectivity index (χ2n) is 7.28. The van der Waals surface area contributed by atoms with Crippen molar-refractivity contribution in [2.45, 2.75) is 39.7 Å². The molecule has 3 rings (SSSR count). The Hall–Kier alpha value is -3.41. The third-order valence-corrected chi connectivity index (χ3v) is 4.20. The van der Waals surface area contributed by atoms with Crippen LogP contribution in [0.3, 0.4) is 0 Å². The monoisotopic (exact) mass is 390 g/mol. The van der Waals surface area contributed by atoms with Gasteiger partial charge in [-0.1, -0.05) is 32.0 Å². The second-order valence-corrected chi connectivity index (χ2v) is 7.28. The van der Waals surface area contributed by atoms with E-state index >= 15 is 0 Å². The zero-order valence-electron chi connectivity index (χ0n) is 17.1. The molecule has 0 saturated carbocycles. The minimum absolute atomic E-state index is 0.119. The molecule has 0 aliphatic heterocycles. The normalized spacial score (nSPS) is 10.8. The minimum Gasteiger partial charge on any atom is -0.491 e. The number of carbonyl (C=O) groups excluding carboxylic acids is 1. The highest BCUT2D eigenvalue weighted by Gasteiger charge is 2.13. The SMILES string of the molecule is CC(C)Oc1ccc(Nc2nccc(C(=O)Nc3ccccc3C(C)C)n2)cc1. The van der Waals surface area contributed by atoms with Crippen LogP contribution in [-0.4, -0.2) is 22.0 Å². The number of ether oxygens (including phenoxy) is 1. The van der Waals surface area contributed by atoms with E-state index in [1.54, 1.807) is 12.3 Å². The summed E-state index contributed by atoms with van der Waals surface area (Å²) in [4.78, 5) is 21.2. The number of benzene rings is 2. The van der Waals surface area contributed by atoms with Crippen LogP contribution in [0.25, 0.3) is 0 Å². The Kier molecular flexibility index (Phi) is 6.44. The lowest BCUT2D eigenvalue weighted by molar-refractivity contribution is 0.102. The molecule has 1 amide bonds. The summed E-state index contributed by atoms with van der Waals surface area (Å²) in [7, 11) is 0. The van der Waals surface area contributed by atoms with Crippen molar-refractivity contribution in [1.29, 1.82) is 0 Å². The largest absolute Gasteiger partial charge is 0.491 e. The van der Waals surface area contributed by atoms with Crippen LogP contribution < -0.4 is 15.4 Å². The molecule has 0 spiro atoms. The number of nitrogens with zero attached hydrogens (tertiary/aromatic N) is 2. The van der Waals surface area contributed by atoms with Gasteiger partial charge in [-0.05, 0) is 61.7 Å². The molecule has 6 nitrogen and oxygen atoms in total. The van der Waals surface area contributed by atoms with Gasteiger partial charge in [0.1, 0.15) is 11.4 Å². The van der Waals surface area contributed by atoms with E-state index in [4.69, 9.17) is 4.74 Å². The number of rotatable bonds is 7. The number of nitrogens with one attached hydrogen (secondary N) is 2. The Labute approximate surface area is 171 Å². The van der Waals surface area contributed by atoms with Crippen LogP contribution in [0.4, 0.5) is 17.3 Å². The lowest BCUT2D eigenvalue weighted by Gasteiger charge is -2.13. The third-order valence-electron chi connectivity index (χ3n) is 4.20. The molecule has 0 fully saturated rings. The van der Waals surface area contributed by atoms with Crippen LogP contribution in [0.15, 0.2) is 60.8 Å². The highest BCUT2D eigenvalue weighted by atomic mass is 16.5. The molecular weight excluding hydrogens is 364 g/mol. The fourth-order valence-corrected chi connectivity index (χ4v) is 2.86. The van der Waals surface area contributed by atoms with E-state index in [1.807, 2.05) is 62.4 Å². The summed E-state index contributed by atoms with van der Waals surface area (Å²) in [6.45, 7) is 8.15. The van der Waals surface area contributed by atoms with Crippen molar-refractivity contribution in [1.82, 2.24) is 9.97 Å². The number of carbonyl (C=O) groups is 1. The molecule has 0 unspecified atom stereocenters. The van der Waals surface area contributed by atoms with E-state index < -0.39 is 0 Å². The summed E-state index contributed by atoms with van der Waals surface area (Å²) in [6.07, 6.45) is 1.68. The first-order chi connectivity index (χ1) is 13.9. The van der Waals surface area contributed by atoms with Gasteiger partial charge in [-0.3, -0.25) is 4.79 Å². The Morgan fingerprint density at radius 1 is 0.966 bits per heavy atom. The topological polar surface area (TPSA) is 76.1 Å². The van der Waals surface area contributed by atoms with Gasteiger partial charge >= 0.3 is 0 Å². The summed E-state index contributed by atoms with van der Waals surface area (Å²) in [5.74, 6) is 1.18. The van der Waals surface area contributed by atoms with Crippen molar-refractivity contribution in [3.8, 4) is 5.75 Å². The smallest absolute Gasteiger partial charge is 0.274 e. The summed E-state index contributed by atoms with van der Waals surface area (Å²) >= 11 is 0. The van der Waals surface area contributed by atoms with Crippen molar-refractivity contribution >= 4 is 23.2 Å². The van der Waals surface area contributed by atoms with Crippen LogP contribution in [-0.2, 0) is 0 Å². The predicted molar refractivity (Wildman–Crippen MR) is 116 cm³/mol. The van der Waals surface area contributed by atoms with Gasteiger partial charge in [0.25, 0.3) is 5.91 Å². The zero-order chi connectivity index (χ0) is 20.8. The van der Waals surface area contributed by atoms with E-state index in [9.17, 15) is 4.79 Å². The van der Waals surface area contributed by atoms with Gasteiger partial charge in [-0.15, -0.1) is 0 Å². The van der Waals surface area contributed by atoms with E-state index in [2.05, 4.69) is 34.4 Å². The first-order valence-corrected chi connectivity index (χ1v) is 9.69. The zero-order valence-corrected chi connectivity index (χ0v) is 17.1. The van der Waals surface area contributed by atoms with Gasteiger partial charge in [-0.2, -0.15) is 0 Å². The van der Waals surface area contributed by atoms with Crippen LogP contribution in [0.1, 0.15) is 49.7 Å². The lowest BCUT2D eigenvalue weighted by Crippen LogP contribution is -2.16. The Balaban J connectivity index is 1.71. The molecule has 2 N–H and O–H groups in total. The molecule has 0 atom stereocenters. The number of anilines is 3. The Morgan fingerprint density at radius 2 is 1.69 bits per heavy atom. The molecule has 6 heteroatoms. The fraction of sp³-hybridized carbons (Fsp3) is 0.261. The van der Waals surface area contributed by atoms with Gasteiger partial charge in [0.05, 0.1) is 6.10 Å². The van der Waals surface area contributed by atoms with E-state index in [-0.39, 0.29) is 12.0 Å².